The van der Waals surface area contributed by atoms with Gasteiger partial charge in [0.15, 0.2) is 0 Å². The van der Waals surface area contributed by atoms with Crippen molar-refractivity contribution < 1.29 is 19.1 Å². The zero-order valence-electron chi connectivity index (χ0n) is 21.7. The molecule has 2 aromatic heterocycles. The number of nitrogens with one attached hydrogen (secondary N) is 3. The van der Waals surface area contributed by atoms with Crippen molar-refractivity contribution in [3.05, 3.63) is 76.2 Å². The molecule has 9 nitrogen and oxygen atoms in total. The largest absolute Gasteiger partial charge is 0.496 e. The van der Waals surface area contributed by atoms with Crippen LogP contribution in [0.5, 0.6) is 5.75 Å². The molecule has 0 radical (unpaired) electrons. The number of amides is 2. The van der Waals surface area contributed by atoms with Crippen molar-refractivity contribution in [2.24, 2.45) is 0 Å². The smallest absolute Gasteiger partial charge is 0.262 e. The highest BCUT2D eigenvalue weighted by molar-refractivity contribution is 7.20. The Morgan fingerprint density at radius 1 is 1.11 bits per heavy atom. The Bertz CT molecular complexity index is 1440. The molecule has 198 valence electrons. The zero-order chi connectivity index (χ0) is 26.7. The van der Waals surface area contributed by atoms with E-state index in [1.54, 1.807) is 13.2 Å². The van der Waals surface area contributed by atoms with Crippen LogP contribution < -0.4 is 15.4 Å². The van der Waals surface area contributed by atoms with E-state index in [0.29, 0.717) is 32.2 Å². The molecule has 0 bridgehead atoms. The van der Waals surface area contributed by atoms with Gasteiger partial charge >= 0.3 is 0 Å². The third-order valence-electron chi connectivity index (χ3n) is 6.65. The topological polar surface area (TPSA) is 109 Å². The van der Waals surface area contributed by atoms with Crippen molar-refractivity contribution in [3.8, 4) is 5.75 Å². The molecule has 3 N–H and O–H groups in total. The molecule has 5 rings (SSSR count). The Morgan fingerprint density at radius 3 is 2.58 bits per heavy atom. The number of H-pyrrole nitrogens is 1. The van der Waals surface area contributed by atoms with Crippen molar-refractivity contribution in [2.45, 2.75) is 25.9 Å². The number of carbonyl (C=O) groups is 2. The lowest BCUT2D eigenvalue weighted by molar-refractivity contribution is 0.0342. The van der Waals surface area contributed by atoms with E-state index in [4.69, 9.17) is 9.47 Å². The molecular weight excluding hydrogens is 502 g/mol. The van der Waals surface area contributed by atoms with E-state index >= 15 is 0 Å². The number of aromatic nitrogens is 2. The van der Waals surface area contributed by atoms with Gasteiger partial charge in [0.25, 0.3) is 11.8 Å². The maximum atomic E-state index is 13.2. The molecule has 4 aromatic rings. The standard InChI is InChI=1S/C28H31N5O4S/c1-28(2,21-6-4-5-7-22(21)36-3)30-26(35)23-16-20-24(31-32-27(20)38-23)29-25(34)19-10-8-18(9-11-19)17-33-12-14-37-15-13-33/h4-11,16H,12-15,17H2,1-3H3,(H,30,35)(H2,29,31,32,34). The second-order valence-electron chi connectivity index (χ2n) is 9.75. The average Bonchev–Trinajstić information content (AvgIpc) is 3.51. The number of methoxy groups -OCH3 is 1. The molecule has 10 heteroatoms. The molecule has 38 heavy (non-hydrogen) atoms. The molecule has 0 spiro atoms. The molecule has 1 aliphatic rings. The average molecular weight is 534 g/mol. The van der Waals surface area contributed by atoms with Crippen LogP contribution in [0, 0.1) is 0 Å². The van der Waals surface area contributed by atoms with Crippen LogP contribution >= 0.6 is 11.3 Å². The first kappa shape index (κ1) is 25.9. The van der Waals surface area contributed by atoms with Gasteiger partial charge in [-0.25, -0.2) is 0 Å². The first-order valence-corrected chi connectivity index (χ1v) is 13.3. The number of ether oxygens (including phenoxy) is 2. The summed E-state index contributed by atoms with van der Waals surface area (Å²) in [5, 5.41) is 13.8. The van der Waals surface area contributed by atoms with Crippen molar-refractivity contribution in [3.63, 3.8) is 0 Å². The van der Waals surface area contributed by atoms with E-state index in [1.807, 2.05) is 62.4 Å². The van der Waals surface area contributed by atoms with E-state index in [-0.39, 0.29) is 11.8 Å². The summed E-state index contributed by atoms with van der Waals surface area (Å²) in [6.07, 6.45) is 0. The minimum Gasteiger partial charge on any atom is -0.496 e. The summed E-state index contributed by atoms with van der Waals surface area (Å²) in [6.45, 7) is 8.03. The lowest BCUT2D eigenvalue weighted by Crippen LogP contribution is -2.40. The Hall–Kier alpha value is -3.73. The van der Waals surface area contributed by atoms with E-state index in [1.165, 1.54) is 11.3 Å². The number of thiophene rings is 1. The lowest BCUT2D eigenvalue weighted by atomic mass is 9.93. The highest BCUT2D eigenvalue weighted by Crippen LogP contribution is 2.32. The predicted molar refractivity (Wildman–Crippen MR) is 148 cm³/mol. The second-order valence-corrected chi connectivity index (χ2v) is 10.8. The van der Waals surface area contributed by atoms with Gasteiger partial charge in [-0.15, -0.1) is 11.3 Å². The van der Waals surface area contributed by atoms with Gasteiger partial charge in [0.2, 0.25) is 0 Å². The highest BCUT2D eigenvalue weighted by Gasteiger charge is 2.28. The van der Waals surface area contributed by atoms with Crippen molar-refractivity contribution >= 4 is 39.2 Å². The van der Waals surface area contributed by atoms with Crippen molar-refractivity contribution in [1.29, 1.82) is 0 Å². The highest BCUT2D eigenvalue weighted by atomic mass is 32.1. The minimum atomic E-state index is -0.664. The summed E-state index contributed by atoms with van der Waals surface area (Å²) in [5.41, 5.74) is 1.91. The number of hydrogen-bond donors (Lipinski definition) is 3. The van der Waals surface area contributed by atoms with Crippen LogP contribution in [0.15, 0.2) is 54.6 Å². The normalized spacial score (nSPS) is 14.4. The van der Waals surface area contributed by atoms with Gasteiger partial charge in [-0.1, -0.05) is 30.3 Å². The predicted octanol–water partition coefficient (Wildman–Crippen LogP) is 4.38. The Kier molecular flexibility index (Phi) is 7.46. The molecule has 3 heterocycles. The van der Waals surface area contributed by atoms with Crippen LogP contribution in [0.1, 0.15) is 45.0 Å². The van der Waals surface area contributed by atoms with Gasteiger partial charge in [-0.3, -0.25) is 19.6 Å². The van der Waals surface area contributed by atoms with Crippen LogP contribution in [0.3, 0.4) is 0 Å². The summed E-state index contributed by atoms with van der Waals surface area (Å²) in [5.74, 6) is 0.694. The Balaban J connectivity index is 1.26. The summed E-state index contributed by atoms with van der Waals surface area (Å²) in [4.78, 5) is 29.6. The third kappa shape index (κ3) is 5.57. The number of anilines is 1. The second kappa shape index (κ2) is 10.9. The number of aromatic amines is 1. The van der Waals surface area contributed by atoms with Crippen molar-refractivity contribution in [2.75, 3.05) is 38.7 Å². The molecule has 1 fully saturated rings. The van der Waals surface area contributed by atoms with Crippen molar-refractivity contribution in [1.82, 2.24) is 20.4 Å². The number of morpholine rings is 1. The molecule has 0 atom stereocenters. The molecule has 1 saturated heterocycles. The lowest BCUT2D eigenvalue weighted by Gasteiger charge is -2.28. The number of benzene rings is 2. The van der Waals surface area contributed by atoms with Crippen LogP contribution in [0.25, 0.3) is 10.2 Å². The molecular formula is C28H31N5O4S. The fraction of sp³-hybridized carbons (Fsp3) is 0.321. The summed E-state index contributed by atoms with van der Waals surface area (Å²) >= 11 is 1.26. The number of carbonyl (C=O) groups excluding carboxylic acids is 2. The maximum absolute atomic E-state index is 13.2. The van der Waals surface area contributed by atoms with Gasteiger partial charge in [0.05, 0.1) is 36.1 Å². The zero-order valence-corrected chi connectivity index (χ0v) is 22.5. The van der Waals surface area contributed by atoms with Crippen LogP contribution in [0.2, 0.25) is 0 Å². The number of hydrogen-bond acceptors (Lipinski definition) is 7. The van der Waals surface area contributed by atoms with Crippen LogP contribution in [-0.2, 0) is 16.8 Å². The summed E-state index contributed by atoms with van der Waals surface area (Å²) in [7, 11) is 1.61. The van der Waals surface area contributed by atoms with E-state index in [2.05, 4.69) is 25.7 Å². The molecule has 0 saturated carbocycles. The first-order valence-electron chi connectivity index (χ1n) is 12.5. The Morgan fingerprint density at radius 2 is 1.84 bits per heavy atom. The van der Waals surface area contributed by atoms with Crippen LogP contribution in [-0.4, -0.2) is 60.3 Å². The minimum absolute atomic E-state index is 0.225. The third-order valence-corrected chi connectivity index (χ3v) is 7.67. The van der Waals surface area contributed by atoms with E-state index in [0.717, 1.165) is 44.0 Å². The quantitative estimate of drug-likeness (QED) is 0.310. The molecule has 0 unspecified atom stereocenters. The fourth-order valence-corrected chi connectivity index (χ4v) is 5.45. The Labute approximate surface area is 225 Å². The first-order chi connectivity index (χ1) is 18.3. The molecule has 1 aliphatic heterocycles. The van der Waals surface area contributed by atoms with Crippen LogP contribution in [0.4, 0.5) is 5.82 Å². The van der Waals surface area contributed by atoms with E-state index < -0.39 is 5.54 Å². The maximum Gasteiger partial charge on any atom is 0.262 e. The van der Waals surface area contributed by atoms with Gasteiger partial charge in [0.1, 0.15) is 16.4 Å². The summed E-state index contributed by atoms with van der Waals surface area (Å²) in [6, 6.07) is 17.0. The number of fused-ring (bicyclic) bond motifs is 1. The summed E-state index contributed by atoms with van der Waals surface area (Å²) < 4.78 is 10.9. The number of para-hydroxylation sites is 1. The molecule has 0 aliphatic carbocycles. The monoisotopic (exact) mass is 533 g/mol. The van der Waals surface area contributed by atoms with Gasteiger partial charge in [0, 0.05) is 30.8 Å². The fourth-order valence-electron chi connectivity index (χ4n) is 4.56. The van der Waals surface area contributed by atoms with Gasteiger partial charge in [-0.05, 0) is 43.7 Å². The molecule has 2 aromatic carbocycles. The molecule has 2 amide bonds. The number of nitrogens with zero attached hydrogens (tertiary/aromatic N) is 2. The number of rotatable bonds is 8. The SMILES string of the molecule is COc1ccccc1C(C)(C)NC(=O)c1cc2c(NC(=O)c3ccc(CN4CCOCC4)cc3)[nH]nc2s1. The van der Waals surface area contributed by atoms with E-state index in [9.17, 15) is 9.59 Å². The van der Waals surface area contributed by atoms with Gasteiger partial charge < -0.3 is 20.1 Å². The van der Waals surface area contributed by atoms with Gasteiger partial charge in [-0.2, -0.15) is 5.10 Å².